The fourth-order valence-electron chi connectivity index (χ4n) is 2.43. The lowest BCUT2D eigenvalue weighted by Crippen LogP contribution is -2.05. The van der Waals surface area contributed by atoms with E-state index < -0.39 is 10.9 Å². The zero-order valence-electron chi connectivity index (χ0n) is 15.0. The van der Waals surface area contributed by atoms with E-state index in [2.05, 4.69) is 0 Å². The van der Waals surface area contributed by atoms with Crippen LogP contribution in [0.4, 0.5) is 5.69 Å². The Balaban J connectivity index is 1.61. The third kappa shape index (κ3) is 4.85. The molecule has 0 heterocycles. The fraction of sp³-hybridized carbons (Fsp3) is 0.0952. The first-order valence-electron chi connectivity index (χ1n) is 8.37. The van der Waals surface area contributed by atoms with Gasteiger partial charge in [-0.25, -0.2) is 4.79 Å². The van der Waals surface area contributed by atoms with E-state index in [4.69, 9.17) is 14.2 Å². The summed E-state index contributed by atoms with van der Waals surface area (Å²) in [6.07, 6.45) is 0. The zero-order valence-corrected chi connectivity index (χ0v) is 15.0. The van der Waals surface area contributed by atoms with Gasteiger partial charge in [0.15, 0.2) is 0 Å². The van der Waals surface area contributed by atoms with Gasteiger partial charge in [0.25, 0.3) is 5.69 Å². The molecule has 7 nitrogen and oxygen atoms in total. The van der Waals surface area contributed by atoms with Gasteiger partial charge in [-0.15, -0.1) is 0 Å². The summed E-state index contributed by atoms with van der Waals surface area (Å²) < 4.78 is 16.1. The number of hydrogen-bond acceptors (Lipinski definition) is 6. The summed E-state index contributed by atoms with van der Waals surface area (Å²) in [7, 11) is 1.55. The number of nitro groups is 1. The Morgan fingerprint density at radius 2 is 1.61 bits per heavy atom. The van der Waals surface area contributed by atoms with Crippen molar-refractivity contribution in [1.82, 2.24) is 0 Å². The van der Waals surface area contributed by atoms with Gasteiger partial charge in [0.05, 0.1) is 17.6 Å². The van der Waals surface area contributed by atoms with Crippen molar-refractivity contribution in [1.29, 1.82) is 0 Å². The van der Waals surface area contributed by atoms with Gasteiger partial charge >= 0.3 is 5.97 Å². The van der Waals surface area contributed by atoms with Gasteiger partial charge in [0.1, 0.15) is 23.9 Å². The smallest absolute Gasteiger partial charge is 0.338 e. The lowest BCUT2D eigenvalue weighted by molar-refractivity contribution is -0.384. The number of esters is 1. The molecular weight excluding hydrogens is 362 g/mol. The second-order valence-corrected chi connectivity index (χ2v) is 5.81. The Morgan fingerprint density at radius 1 is 0.929 bits per heavy atom. The van der Waals surface area contributed by atoms with E-state index in [1.165, 1.54) is 24.3 Å². The Hall–Kier alpha value is -3.87. The minimum absolute atomic E-state index is 0.00783. The number of methoxy groups -OCH3 is 1. The molecule has 0 aliphatic rings. The number of non-ortho nitro benzene ring substituents is 1. The van der Waals surface area contributed by atoms with Gasteiger partial charge in [-0.2, -0.15) is 0 Å². The number of ether oxygens (including phenoxy) is 3. The maximum Gasteiger partial charge on any atom is 0.338 e. The van der Waals surface area contributed by atoms with Gasteiger partial charge in [-0.05, 0) is 54.1 Å². The molecule has 0 saturated heterocycles. The van der Waals surface area contributed by atoms with Gasteiger partial charge in [0.2, 0.25) is 0 Å². The second-order valence-electron chi connectivity index (χ2n) is 5.81. The Bertz CT molecular complexity index is 967. The number of carbonyl (C=O) groups excluding carboxylic acids is 1. The molecule has 0 aliphatic carbocycles. The average molecular weight is 379 g/mol. The highest BCUT2D eigenvalue weighted by Crippen LogP contribution is 2.25. The molecule has 0 saturated carbocycles. The van der Waals surface area contributed by atoms with E-state index >= 15 is 0 Å². The Kier molecular flexibility index (Phi) is 5.86. The quantitative estimate of drug-likeness (QED) is 0.334. The number of carbonyl (C=O) groups is 1. The highest BCUT2D eigenvalue weighted by Gasteiger charge is 2.09. The maximum absolute atomic E-state index is 12.1. The van der Waals surface area contributed by atoms with E-state index in [1.807, 2.05) is 6.07 Å². The van der Waals surface area contributed by atoms with Crippen LogP contribution in [0.3, 0.4) is 0 Å². The summed E-state index contributed by atoms with van der Waals surface area (Å²) in [4.78, 5) is 22.4. The van der Waals surface area contributed by atoms with Crippen LogP contribution >= 0.6 is 0 Å². The van der Waals surface area contributed by atoms with Gasteiger partial charge in [0, 0.05) is 12.1 Å². The minimum atomic E-state index is -0.471. The number of nitro benzene ring substituents is 1. The Morgan fingerprint density at radius 3 is 2.25 bits per heavy atom. The molecule has 0 radical (unpaired) electrons. The van der Waals surface area contributed by atoms with E-state index in [0.717, 1.165) is 5.56 Å². The van der Waals surface area contributed by atoms with E-state index in [0.29, 0.717) is 22.8 Å². The molecule has 0 atom stereocenters. The summed E-state index contributed by atoms with van der Waals surface area (Å²) in [6, 6.07) is 19.5. The van der Waals surface area contributed by atoms with Gasteiger partial charge in [-0.1, -0.05) is 12.1 Å². The summed E-state index contributed by atoms with van der Waals surface area (Å²) >= 11 is 0. The molecule has 3 aromatic rings. The average Bonchev–Trinajstić information content (AvgIpc) is 2.73. The number of hydrogen-bond donors (Lipinski definition) is 0. The molecule has 28 heavy (non-hydrogen) atoms. The van der Waals surface area contributed by atoms with Gasteiger partial charge in [-0.3, -0.25) is 10.1 Å². The second kappa shape index (κ2) is 8.68. The van der Waals surface area contributed by atoms with Crippen molar-refractivity contribution >= 4 is 11.7 Å². The summed E-state index contributed by atoms with van der Waals surface area (Å²) in [5.74, 6) is 1.22. The molecule has 0 N–H and O–H groups in total. The van der Waals surface area contributed by atoms with Crippen LogP contribution in [0.15, 0.2) is 72.8 Å². The van der Waals surface area contributed by atoms with Crippen molar-refractivity contribution < 1.29 is 23.9 Å². The first-order chi connectivity index (χ1) is 13.5. The van der Waals surface area contributed by atoms with Crippen LogP contribution in [0, 0.1) is 10.1 Å². The molecule has 142 valence electrons. The summed E-state index contributed by atoms with van der Waals surface area (Å²) in [6.45, 7) is 0.0856. The van der Waals surface area contributed by atoms with Crippen molar-refractivity contribution in [3.05, 3.63) is 94.0 Å². The largest absolute Gasteiger partial charge is 0.497 e. The van der Waals surface area contributed by atoms with Crippen LogP contribution in [0.25, 0.3) is 0 Å². The molecule has 7 heteroatoms. The first kappa shape index (κ1) is 18.9. The number of benzene rings is 3. The van der Waals surface area contributed by atoms with E-state index in [1.54, 1.807) is 49.6 Å². The Labute approximate surface area is 161 Å². The van der Waals surface area contributed by atoms with Crippen molar-refractivity contribution in [2.24, 2.45) is 0 Å². The molecule has 3 rings (SSSR count). The van der Waals surface area contributed by atoms with Crippen molar-refractivity contribution in [3.8, 4) is 17.2 Å². The molecule has 0 aliphatic heterocycles. The molecule has 0 unspecified atom stereocenters. The number of rotatable bonds is 7. The normalized spacial score (nSPS) is 10.2. The third-order valence-corrected chi connectivity index (χ3v) is 3.88. The lowest BCUT2D eigenvalue weighted by atomic mass is 10.2. The predicted molar refractivity (Wildman–Crippen MR) is 102 cm³/mol. The topological polar surface area (TPSA) is 87.9 Å². The maximum atomic E-state index is 12.1. The van der Waals surface area contributed by atoms with Crippen LogP contribution < -0.4 is 9.47 Å². The SMILES string of the molecule is COc1ccc(C(=O)OCc2cccc(Oc3ccc([N+](=O)[O-])cc3)c2)cc1. The standard InChI is InChI=1S/C21H17NO6/c1-26-18-9-5-16(6-10-18)21(23)27-14-15-3-2-4-20(13-15)28-19-11-7-17(8-12-19)22(24)25/h2-13H,14H2,1H3. The minimum Gasteiger partial charge on any atom is -0.497 e. The van der Waals surface area contributed by atoms with Crippen LogP contribution in [-0.2, 0) is 11.3 Å². The van der Waals surface area contributed by atoms with E-state index in [9.17, 15) is 14.9 Å². The van der Waals surface area contributed by atoms with Gasteiger partial charge < -0.3 is 14.2 Å². The summed E-state index contributed by atoms with van der Waals surface area (Å²) in [5, 5.41) is 10.7. The molecule has 0 amide bonds. The molecule has 0 bridgehead atoms. The highest BCUT2D eigenvalue weighted by molar-refractivity contribution is 5.89. The fourth-order valence-corrected chi connectivity index (χ4v) is 2.43. The summed E-state index contributed by atoms with van der Waals surface area (Å²) in [5.41, 5.74) is 1.17. The molecular formula is C21H17NO6. The molecule has 0 aromatic heterocycles. The van der Waals surface area contributed by atoms with Crippen molar-refractivity contribution in [2.45, 2.75) is 6.61 Å². The van der Waals surface area contributed by atoms with Crippen LogP contribution in [0.5, 0.6) is 17.2 Å². The lowest BCUT2D eigenvalue weighted by Gasteiger charge is -2.09. The van der Waals surface area contributed by atoms with Crippen LogP contribution in [0.1, 0.15) is 15.9 Å². The monoisotopic (exact) mass is 379 g/mol. The number of nitrogens with zero attached hydrogens (tertiary/aromatic N) is 1. The molecule has 0 spiro atoms. The van der Waals surface area contributed by atoms with E-state index in [-0.39, 0.29) is 12.3 Å². The molecule has 0 fully saturated rings. The van der Waals surface area contributed by atoms with Crippen molar-refractivity contribution in [2.75, 3.05) is 7.11 Å². The van der Waals surface area contributed by atoms with Crippen LogP contribution in [0.2, 0.25) is 0 Å². The zero-order chi connectivity index (χ0) is 19.9. The predicted octanol–water partition coefficient (Wildman–Crippen LogP) is 4.75. The highest BCUT2D eigenvalue weighted by atomic mass is 16.6. The third-order valence-electron chi connectivity index (χ3n) is 3.88. The molecule has 3 aromatic carbocycles. The first-order valence-corrected chi connectivity index (χ1v) is 8.37. The van der Waals surface area contributed by atoms with Crippen LogP contribution in [-0.4, -0.2) is 18.0 Å². The van der Waals surface area contributed by atoms with Crippen molar-refractivity contribution in [3.63, 3.8) is 0 Å².